The van der Waals surface area contributed by atoms with E-state index in [9.17, 15) is 5.11 Å². The minimum absolute atomic E-state index is 0.384. The summed E-state index contributed by atoms with van der Waals surface area (Å²) >= 11 is 5.95. The van der Waals surface area contributed by atoms with Gasteiger partial charge in [0.1, 0.15) is 16.8 Å². The molecule has 1 atom stereocenters. The Morgan fingerprint density at radius 3 is 2.84 bits per heavy atom. The number of aryl methyl sites for hydroxylation is 1. The van der Waals surface area contributed by atoms with Crippen molar-refractivity contribution in [1.82, 2.24) is 9.97 Å². The van der Waals surface area contributed by atoms with E-state index in [0.29, 0.717) is 36.4 Å². The van der Waals surface area contributed by atoms with Crippen LogP contribution in [0, 0.1) is 0 Å². The Labute approximate surface area is 119 Å². The predicted molar refractivity (Wildman–Crippen MR) is 76.6 cm³/mol. The maximum Gasteiger partial charge on any atom is 0.134 e. The highest BCUT2D eigenvalue weighted by atomic mass is 35.5. The van der Waals surface area contributed by atoms with Crippen LogP contribution in [0.5, 0.6) is 0 Å². The van der Waals surface area contributed by atoms with Gasteiger partial charge in [0, 0.05) is 39.2 Å². The van der Waals surface area contributed by atoms with E-state index in [1.165, 1.54) is 0 Å². The molecule has 2 N–H and O–H groups in total. The second-order valence-corrected chi connectivity index (χ2v) is 5.22. The topological polar surface area (TPSA) is 67.3 Å². The molecule has 0 amide bonds. The zero-order valence-corrected chi connectivity index (χ0v) is 12.5. The van der Waals surface area contributed by atoms with Crippen molar-refractivity contribution in [3.63, 3.8) is 0 Å². The zero-order chi connectivity index (χ0) is 14.3. The van der Waals surface area contributed by atoms with E-state index in [1.54, 1.807) is 20.1 Å². The van der Waals surface area contributed by atoms with Crippen molar-refractivity contribution >= 4 is 17.4 Å². The summed E-state index contributed by atoms with van der Waals surface area (Å²) in [4.78, 5) is 8.51. The molecular weight excluding hydrogens is 266 g/mol. The molecule has 0 aliphatic carbocycles. The zero-order valence-electron chi connectivity index (χ0n) is 11.7. The summed E-state index contributed by atoms with van der Waals surface area (Å²) in [5.41, 5.74) is -0.849. The van der Waals surface area contributed by atoms with Crippen LogP contribution < -0.4 is 5.32 Å². The molecule has 1 aromatic heterocycles. The van der Waals surface area contributed by atoms with Crippen LogP contribution in [0.3, 0.4) is 0 Å². The molecule has 19 heavy (non-hydrogen) atoms. The van der Waals surface area contributed by atoms with E-state index >= 15 is 0 Å². The number of halogens is 1. The van der Waals surface area contributed by atoms with Crippen molar-refractivity contribution < 1.29 is 9.84 Å². The summed E-state index contributed by atoms with van der Waals surface area (Å²) in [6, 6.07) is 1.66. The number of aliphatic hydroxyl groups is 1. The molecule has 108 valence electrons. The second kappa shape index (κ2) is 7.62. The average molecular weight is 288 g/mol. The van der Waals surface area contributed by atoms with Crippen molar-refractivity contribution in [3.8, 4) is 0 Å². The monoisotopic (exact) mass is 287 g/mol. The molecule has 6 heteroatoms. The molecule has 0 aliphatic heterocycles. The lowest BCUT2D eigenvalue weighted by atomic mass is 10.0. The second-order valence-electron chi connectivity index (χ2n) is 4.84. The van der Waals surface area contributed by atoms with E-state index in [2.05, 4.69) is 22.2 Å². The first-order valence-corrected chi connectivity index (χ1v) is 6.83. The highest BCUT2D eigenvalue weighted by Crippen LogP contribution is 2.15. The number of anilines is 1. The lowest BCUT2D eigenvalue weighted by Crippen LogP contribution is -2.34. The highest BCUT2D eigenvalue weighted by molar-refractivity contribution is 6.29. The van der Waals surface area contributed by atoms with Gasteiger partial charge in [0.05, 0.1) is 5.60 Å². The largest absolute Gasteiger partial charge is 0.388 e. The number of nitrogens with one attached hydrogen (secondary N) is 1. The van der Waals surface area contributed by atoms with Gasteiger partial charge in [0.15, 0.2) is 0 Å². The lowest BCUT2D eigenvalue weighted by Gasteiger charge is -2.23. The Morgan fingerprint density at radius 2 is 2.21 bits per heavy atom. The summed E-state index contributed by atoms with van der Waals surface area (Å²) in [7, 11) is 1.62. The summed E-state index contributed by atoms with van der Waals surface area (Å²) < 4.78 is 4.97. The Bertz CT molecular complexity index is 399. The van der Waals surface area contributed by atoms with Crippen LogP contribution in [0.1, 0.15) is 32.5 Å². The van der Waals surface area contributed by atoms with Gasteiger partial charge in [-0.25, -0.2) is 9.97 Å². The van der Waals surface area contributed by atoms with Crippen LogP contribution in [0.25, 0.3) is 0 Å². The van der Waals surface area contributed by atoms with Gasteiger partial charge in [-0.1, -0.05) is 18.5 Å². The number of aromatic nitrogens is 2. The third kappa shape index (κ3) is 6.18. The first-order chi connectivity index (χ1) is 8.96. The minimum Gasteiger partial charge on any atom is -0.388 e. The Hall–Kier alpha value is -0.910. The molecule has 0 saturated heterocycles. The van der Waals surface area contributed by atoms with E-state index in [-0.39, 0.29) is 0 Å². The molecule has 0 spiro atoms. The van der Waals surface area contributed by atoms with Gasteiger partial charge in [0.25, 0.3) is 0 Å². The number of ether oxygens (including phenoxy) is 1. The molecule has 1 unspecified atom stereocenters. The maximum absolute atomic E-state index is 10.1. The van der Waals surface area contributed by atoms with Gasteiger partial charge in [-0.15, -0.1) is 0 Å². The maximum atomic E-state index is 10.1. The molecule has 1 heterocycles. The first-order valence-electron chi connectivity index (χ1n) is 6.45. The van der Waals surface area contributed by atoms with Gasteiger partial charge in [-0.3, -0.25) is 0 Å². The summed E-state index contributed by atoms with van der Waals surface area (Å²) in [5.74, 6) is 1.36. The van der Waals surface area contributed by atoms with Gasteiger partial charge < -0.3 is 15.2 Å². The van der Waals surface area contributed by atoms with Crippen molar-refractivity contribution in [1.29, 1.82) is 0 Å². The van der Waals surface area contributed by atoms with E-state index < -0.39 is 5.60 Å². The Balaban J connectivity index is 2.61. The first kappa shape index (κ1) is 16.1. The molecule has 0 aromatic carbocycles. The van der Waals surface area contributed by atoms with E-state index in [0.717, 1.165) is 12.8 Å². The lowest BCUT2D eigenvalue weighted by molar-refractivity contribution is 0.0357. The van der Waals surface area contributed by atoms with Gasteiger partial charge in [-0.05, 0) is 13.3 Å². The van der Waals surface area contributed by atoms with Gasteiger partial charge in [-0.2, -0.15) is 0 Å². The smallest absolute Gasteiger partial charge is 0.134 e. The van der Waals surface area contributed by atoms with Crippen LogP contribution in [0.4, 0.5) is 5.82 Å². The summed E-state index contributed by atoms with van der Waals surface area (Å²) in [5, 5.41) is 13.6. The number of methoxy groups -OCH3 is 1. The number of rotatable bonds is 8. The van der Waals surface area contributed by atoms with Crippen molar-refractivity contribution in [3.05, 3.63) is 17.0 Å². The standard InChI is InChI=1S/C13H22ClN3O2/c1-4-5-11-16-10(14)8-12(17-11)15-9-13(2,18)6-7-19-3/h8,18H,4-7,9H2,1-3H3,(H,15,16,17). The number of nitrogens with zero attached hydrogens (tertiary/aromatic N) is 2. The van der Waals surface area contributed by atoms with Crippen LogP contribution in [-0.2, 0) is 11.2 Å². The Kier molecular flexibility index (Phi) is 6.48. The molecule has 0 fully saturated rings. The fourth-order valence-electron chi connectivity index (χ4n) is 1.58. The molecule has 1 rings (SSSR count). The summed E-state index contributed by atoms with van der Waals surface area (Å²) in [6.07, 6.45) is 2.30. The van der Waals surface area contributed by atoms with Crippen LogP contribution >= 0.6 is 11.6 Å². The SMILES string of the molecule is CCCc1nc(Cl)cc(NCC(C)(O)CCOC)n1. The quantitative estimate of drug-likeness (QED) is 0.718. The molecule has 0 saturated carbocycles. The van der Waals surface area contributed by atoms with Crippen LogP contribution in [-0.4, -0.2) is 40.9 Å². The normalized spacial score (nSPS) is 14.2. The minimum atomic E-state index is -0.849. The van der Waals surface area contributed by atoms with E-state index in [4.69, 9.17) is 16.3 Å². The van der Waals surface area contributed by atoms with Crippen molar-refractivity contribution in [2.24, 2.45) is 0 Å². The highest BCUT2D eigenvalue weighted by Gasteiger charge is 2.20. The molecular formula is C13H22ClN3O2. The third-order valence-corrected chi connectivity index (χ3v) is 2.90. The molecule has 0 radical (unpaired) electrons. The molecule has 0 aliphatic rings. The molecule has 5 nitrogen and oxygen atoms in total. The number of hydrogen-bond donors (Lipinski definition) is 2. The molecule has 0 bridgehead atoms. The van der Waals surface area contributed by atoms with Gasteiger partial charge in [0.2, 0.25) is 0 Å². The van der Waals surface area contributed by atoms with Gasteiger partial charge >= 0.3 is 0 Å². The average Bonchev–Trinajstić information content (AvgIpc) is 2.34. The van der Waals surface area contributed by atoms with Crippen LogP contribution in [0.2, 0.25) is 5.15 Å². The van der Waals surface area contributed by atoms with Crippen LogP contribution in [0.15, 0.2) is 6.07 Å². The summed E-state index contributed by atoms with van der Waals surface area (Å²) in [6.45, 7) is 4.72. The predicted octanol–water partition coefficient (Wildman–Crippen LogP) is 2.28. The Morgan fingerprint density at radius 1 is 1.47 bits per heavy atom. The molecule has 1 aromatic rings. The van der Waals surface area contributed by atoms with Crippen molar-refractivity contribution in [2.45, 2.75) is 38.7 Å². The fraction of sp³-hybridized carbons (Fsp3) is 0.692. The fourth-order valence-corrected chi connectivity index (χ4v) is 1.78. The third-order valence-electron chi connectivity index (χ3n) is 2.71. The number of hydrogen-bond acceptors (Lipinski definition) is 5. The van der Waals surface area contributed by atoms with Crippen molar-refractivity contribution in [2.75, 3.05) is 25.6 Å². The van der Waals surface area contributed by atoms with E-state index in [1.807, 2.05) is 0 Å².